The molecule has 2 heterocycles. The number of imidazole rings is 1. The van der Waals surface area contributed by atoms with Gasteiger partial charge in [0, 0.05) is 28.0 Å². The molecule has 0 saturated carbocycles. The van der Waals surface area contributed by atoms with Gasteiger partial charge in [0.2, 0.25) is 0 Å². The summed E-state index contributed by atoms with van der Waals surface area (Å²) in [7, 11) is 0. The third-order valence-corrected chi connectivity index (χ3v) is 5.59. The Balaban J connectivity index is 2.01. The maximum Gasteiger partial charge on any atom is 0.124 e. The monoisotopic (exact) mass is 434 g/mol. The van der Waals surface area contributed by atoms with E-state index in [0.29, 0.717) is 15.1 Å². The van der Waals surface area contributed by atoms with Gasteiger partial charge in [-0.15, -0.1) is 11.8 Å². The number of aromatic nitrogens is 4. The van der Waals surface area contributed by atoms with Crippen molar-refractivity contribution in [2.24, 2.45) is 0 Å². The first-order chi connectivity index (χ1) is 13.1. The van der Waals surface area contributed by atoms with Crippen molar-refractivity contribution in [3.05, 3.63) is 76.3 Å². The molecule has 0 bridgehead atoms. The molecule has 0 amide bonds. The number of hydrogen-bond donors (Lipinski definition) is 0. The average Bonchev–Trinajstić information content (AvgIpc) is 3.29. The van der Waals surface area contributed by atoms with Crippen molar-refractivity contribution in [2.75, 3.05) is 6.26 Å². The minimum atomic E-state index is 0.539. The Morgan fingerprint density at radius 3 is 2.33 bits per heavy atom. The molecule has 0 unspecified atom stereocenters. The van der Waals surface area contributed by atoms with Crippen LogP contribution in [0.3, 0.4) is 0 Å². The molecule has 0 aliphatic heterocycles. The van der Waals surface area contributed by atoms with Gasteiger partial charge in [-0.2, -0.15) is 5.10 Å². The largest absolute Gasteiger partial charge is 0.302 e. The molecule has 0 saturated heterocycles. The molecule has 2 aromatic heterocycles. The summed E-state index contributed by atoms with van der Waals surface area (Å²) in [5, 5.41) is 7.62. The van der Waals surface area contributed by atoms with Gasteiger partial charge in [0.15, 0.2) is 0 Å². The van der Waals surface area contributed by atoms with E-state index in [1.165, 1.54) is 0 Å². The van der Waals surface area contributed by atoms with Crippen LogP contribution in [0.25, 0.3) is 22.6 Å². The van der Waals surface area contributed by atoms with E-state index in [1.54, 1.807) is 36.4 Å². The molecule has 2 aromatic carbocycles. The number of rotatable bonds is 4. The Bertz CT molecular complexity index is 1090. The van der Waals surface area contributed by atoms with E-state index in [1.807, 2.05) is 52.0 Å². The smallest absolute Gasteiger partial charge is 0.124 e. The highest BCUT2D eigenvalue weighted by atomic mass is 35.5. The number of halogens is 3. The van der Waals surface area contributed by atoms with Gasteiger partial charge in [-0.25, -0.2) is 9.67 Å². The lowest BCUT2D eigenvalue weighted by atomic mass is 10.1. The summed E-state index contributed by atoms with van der Waals surface area (Å²) >= 11 is 20.2. The van der Waals surface area contributed by atoms with Crippen molar-refractivity contribution in [3.63, 3.8) is 0 Å². The van der Waals surface area contributed by atoms with E-state index >= 15 is 0 Å². The lowest BCUT2D eigenvalue weighted by molar-refractivity contribution is 0.800. The van der Waals surface area contributed by atoms with Crippen molar-refractivity contribution in [1.29, 1.82) is 0 Å². The molecule has 27 heavy (non-hydrogen) atoms. The van der Waals surface area contributed by atoms with Crippen molar-refractivity contribution in [1.82, 2.24) is 19.3 Å². The van der Waals surface area contributed by atoms with Crippen molar-refractivity contribution >= 4 is 46.6 Å². The Kier molecular flexibility index (Phi) is 5.19. The summed E-state index contributed by atoms with van der Waals surface area (Å²) in [4.78, 5) is 4.18. The van der Waals surface area contributed by atoms with E-state index in [2.05, 4.69) is 4.98 Å². The van der Waals surface area contributed by atoms with Gasteiger partial charge in [0.1, 0.15) is 16.4 Å². The van der Waals surface area contributed by atoms with Gasteiger partial charge in [-0.05, 0) is 48.7 Å². The number of nitrogens with zero attached hydrogens (tertiary/aromatic N) is 4. The van der Waals surface area contributed by atoms with Crippen LogP contribution in [0.1, 0.15) is 0 Å². The van der Waals surface area contributed by atoms with Crippen molar-refractivity contribution in [3.8, 4) is 22.6 Å². The molecule has 0 N–H and O–H groups in total. The lowest BCUT2D eigenvalue weighted by Gasteiger charge is -2.08. The highest BCUT2D eigenvalue weighted by Crippen LogP contribution is 2.39. The minimum Gasteiger partial charge on any atom is -0.302 e. The zero-order valence-electron chi connectivity index (χ0n) is 14.1. The second-order valence-electron chi connectivity index (χ2n) is 5.69. The summed E-state index contributed by atoms with van der Waals surface area (Å²) in [6, 6.07) is 12.9. The molecule has 0 aliphatic carbocycles. The first-order valence-corrected chi connectivity index (χ1v) is 10.3. The normalized spacial score (nSPS) is 11.1. The van der Waals surface area contributed by atoms with Gasteiger partial charge >= 0.3 is 0 Å². The number of thioether (sulfide) groups is 1. The van der Waals surface area contributed by atoms with Crippen LogP contribution in [-0.4, -0.2) is 25.6 Å². The van der Waals surface area contributed by atoms with E-state index < -0.39 is 0 Å². The third kappa shape index (κ3) is 3.48. The molecule has 0 fully saturated rings. The molecule has 0 atom stereocenters. The Labute approximate surface area is 175 Å². The predicted molar refractivity (Wildman–Crippen MR) is 113 cm³/mol. The minimum absolute atomic E-state index is 0.539. The van der Waals surface area contributed by atoms with Gasteiger partial charge in [-0.1, -0.05) is 34.8 Å². The topological polar surface area (TPSA) is 35.6 Å². The molecule has 4 nitrogen and oxygen atoms in total. The van der Waals surface area contributed by atoms with Crippen LogP contribution in [0.5, 0.6) is 0 Å². The molecule has 0 radical (unpaired) electrons. The molecular weight excluding hydrogens is 423 g/mol. The Hall–Kier alpha value is -1.92. The second kappa shape index (κ2) is 7.60. The van der Waals surface area contributed by atoms with Gasteiger partial charge in [0.05, 0.1) is 17.0 Å². The maximum atomic E-state index is 6.49. The van der Waals surface area contributed by atoms with Crippen LogP contribution >= 0.6 is 46.6 Å². The van der Waals surface area contributed by atoms with Gasteiger partial charge in [-0.3, -0.25) is 0 Å². The highest BCUT2D eigenvalue weighted by molar-refractivity contribution is 7.98. The van der Waals surface area contributed by atoms with E-state index in [0.717, 1.165) is 27.7 Å². The predicted octanol–water partition coefficient (Wildman–Crippen LogP) is 6.41. The summed E-state index contributed by atoms with van der Waals surface area (Å²) in [5.41, 5.74) is 3.35. The van der Waals surface area contributed by atoms with Crippen molar-refractivity contribution < 1.29 is 0 Å². The molecule has 136 valence electrons. The van der Waals surface area contributed by atoms with E-state index in [9.17, 15) is 0 Å². The molecule has 0 spiro atoms. The van der Waals surface area contributed by atoms with Gasteiger partial charge < -0.3 is 4.57 Å². The van der Waals surface area contributed by atoms with Crippen LogP contribution < -0.4 is 0 Å². The average molecular weight is 436 g/mol. The fourth-order valence-corrected chi connectivity index (χ4v) is 4.16. The number of benzene rings is 2. The molecule has 4 aromatic rings. The second-order valence-corrected chi connectivity index (χ2v) is 7.76. The van der Waals surface area contributed by atoms with Crippen LogP contribution in [0, 0.1) is 0 Å². The molecule has 8 heteroatoms. The molecular formula is C19H13Cl3N4S. The zero-order chi connectivity index (χ0) is 19.0. The molecule has 0 aliphatic rings. The number of hydrogen-bond acceptors (Lipinski definition) is 3. The SMILES string of the molecule is CSc1c(-n2ccnc2)c(-c2ccc(Cl)cc2Cl)nn1-c1ccc(Cl)cc1. The van der Waals surface area contributed by atoms with Gasteiger partial charge in [0.25, 0.3) is 0 Å². The summed E-state index contributed by atoms with van der Waals surface area (Å²) < 4.78 is 3.82. The molecule has 4 rings (SSSR count). The first-order valence-electron chi connectivity index (χ1n) is 7.95. The zero-order valence-corrected chi connectivity index (χ0v) is 17.2. The highest BCUT2D eigenvalue weighted by Gasteiger charge is 2.22. The Morgan fingerprint density at radius 1 is 0.963 bits per heavy atom. The lowest BCUT2D eigenvalue weighted by Crippen LogP contribution is -1.99. The summed E-state index contributed by atoms with van der Waals surface area (Å²) in [6.45, 7) is 0. The first kappa shape index (κ1) is 18.4. The maximum absolute atomic E-state index is 6.49. The Morgan fingerprint density at radius 2 is 1.70 bits per heavy atom. The van der Waals surface area contributed by atoms with Crippen LogP contribution in [-0.2, 0) is 0 Å². The fraction of sp³-hybridized carbons (Fsp3) is 0.0526. The van der Waals surface area contributed by atoms with Crippen LogP contribution in [0.15, 0.2) is 66.2 Å². The third-order valence-electron chi connectivity index (χ3n) is 4.03. The summed E-state index contributed by atoms with van der Waals surface area (Å²) in [5.74, 6) is 0. The van der Waals surface area contributed by atoms with Crippen LogP contribution in [0.4, 0.5) is 0 Å². The fourth-order valence-electron chi connectivity index (χ4n) is 2.82. The standard InChI is InChI=1S/C19H13Cl3N4S/c1-27-19-18(25-9-8-23-11-25)17(15-7-4-13(21)10-16(15)22)24-26(19)14-5-2-12(20)3-6-14/h2-11H,1H3. The van der Waals surface area contributed by atoms with E-state index in [4.69, 9.17) is 39.9 Å². The van der Waals surface area contributed by atoms with Crippen molar-refractivity contribution in [2.45, 2.75) is 5.03 Å². The van der Waals surface area contributed by atoms with E-state index in [-0.39, 0.29) is 0 Å². The van der Waals surface area contributed by atoms with Crippen LogP contribution in [0.2, 0.25) is 15.1 Å². The quantitative estimate of drug-likeness (QED) is 0.348. The summed E-state index contributed by atoms with van der Waals surface area (Å²) in [6.07, 6.45) is 7.38.